The van der Waals surface area contributed by atoms with Crippen LogP contribution in [0.5, 0.6) is 0 Å². The van der Waals surface area contributed by atoms with Crippen LogP contribution in [-0.4, -0.2) is 37.9 Å². The lowest BCUT2D eigenvalue weighted by Crippen LogP contribution is -2.28. The number of halogens is 1. The van der Waals surface area contributed by atoms with E-state index in [0.717, 1.165) is 10.8 Å². The lowest BCUT2D eigenvalue weighted by atomic mass is 10.0. The molecule has 0 aromatic heterocycles. The van der Waals surface area contributed by atoms with E-state index in [-0.39, 0.29) is 18.1 Å². The molecule has 0 spiro atoms. The first kappa shape index (κ1) is 20.3. The SMILES string of the molecule is O=C(NCCC1OCCO1)c1cc(Cl)ccc1NC(=O)c1cccc2ccccc12. The average molecular weight is 425 g/mol. The van der Waals surface area contributed by atoms with Crippen LogP contribution < -0.4 is 10.6 Å². The fourth-order valence-corrected chi connectivity index (χ4v) is 3.57. The van der Waals surface area contributed by atoms with E-state index in [1.54, 1.807) is 18.2 Å². The van der Waals surface area contributed by atoms with Crippen LogP contribution in [0.4, 0.5) is 5.69 Å². The van der Waals surface area contributed by atoms with E-state index in [1.807, 2.05) is 36.4 Å². The highest BCUT2D eigenvalue weighted by Gasteiger charge is 2.18. The summed E-state index contributed by atoms with van der Waals surface area (Å²) in [5, 5.41) is 7.90. The quantitative estimate of drug-likeness (QED) is 0.620. The number of benzene rings is 3. The molecule has 0 atom stereocenters. The van der Waals surface area contributed by atoms with Gasteiger partial charge in [0.05, 0.1) is 24.5 Å². The second-order valence-electron chi connectivity index (χ2n) is 6.89. The Hall–Kier alpha value is -2.93. The predicted molar refractivity (Wildman–Crippen MR) is 116 cm³/mol. The largest absolute Gasteiger partial charge is 0.352 e. The molecule has 1 aliphatic heterocycles. The Bertz CT molecular complexity index is 1070. The summed E-state index contributed by atoms with van der Waals surface area (Å²) < 4.78 is 10.7. The lowest BCUT2D eigenvalue weighted by molar-refractivity contribution is -0.0455. The molecule has 2 amide bonds. The summed E-state index contributed by atoms with van der Waals surface area (Å²) in [6, 6.07) is 18.0. The topological polar surface area (TPSA) is 76.7 Å². The number of ether oxygens (including phenoxy) is 2. The smallest absolute Gasteiger partial charge is 0.256 e. The van der Waals surface area contributed by atoms with Crippen molar-refractivity contribution in [1.29, 1.82) is 0 Å². The fraction of sp³-hybridized carbons (Fsp3) is 0.217. The zero-order valence-corrected chi connectivity index (χ0v) is 16.9. The summed E-state index contributed by atoms with van der Waals surface area (Å²) in [6.07, 6.45) is 0.250. The van der Waals surface area contributed by atoms with Gasteiger partial charge >= 0.3 is 0 Å². The van der Waals surface area contributed by atoms with Gasteiger partial charge in [0.1, 0.15) is 0 Å². The van der Waals surface area contributed by atoms with E-state index < -0.39 is 0 Å². The van der Waals surface area contributed by atoms with Crippen LogP contribution in [0.1, 0.15) is 27.1 Å². The number of hydrogen-bond donors (Lipinski definition) is 2. The Balaban J connectivity index is 1.51. The van der Waals surface area contributed by atoms with Crippen molar-refractivity contribution in [2.24, 2.45) is 0 Å². The number of fused-ring (bicyclic) bond motifs is 1. The van der Waals surface area contributed by atoms with Gasteiger partial charge in [0.15, 0.2) is 6.29 Å². The molecule has 3 aromatic carbocycles. The number of amides is 2. The number of nitrogens with one attached hydrogen (secondary N) is 2. The molecule has 0 aliphatic carbocycles. The van der Waals surface area contributed by atoms with Gasteiger partial charge in [-0.15, -0.1) is 0 Å². The minimum atomic E-state index is -0.330. The molecule has 1 saturated heterocycles. The van der Waals surface area contributed by atoms with Gasteiger partial charge in [0, 0.05) is 23.6 Å². The van der Waals surface area contributed by atoms with Gasteiger partial charge in [0.25, 0.3) is 11.8 Å². The van der Waals surface area contributed by atoms with Crippen molar-refractivity contribution >= 4 is 39.9 Å². The summed E-state index contributed by atoms with van der Waals surface area (Å²) in [5.74, 6) is -0.625. The molecular formula is C23H21ClN2O4. The number of anilines is 1. The Labute approximate surface area is 179 Å². The van der Waals surface area contributed by atoms with Crippen LogP contribution >= 0.6 is 11.6 Å². The maximum absolute atomic E-state index is 13.0. The monoisotopic (exact) mass is 424 g/mol. The van der Waals surface area contributed by atoms with Gasteiger partial charge in [0.2, 0.25) is 0 Å². The third kappa shape index (κ3) is 4.62. The van der Waals surface area contributed by atoms with Crippen LogP contribution in [0.15, 0.2) is 60.7 Å². The summed E-state index contributed by atoms with van der Waals surface area (Å²) in [6.45, 7) is 1.52. The highest BCUT2D eigenvalue weighted by atomic mass is 35.5. The Morgan fingerprint density at radius 3 is 2.53 bits per heavy atom. The number of rotatable bonds is 6. The number of carbonyl (C=O) groups excluding carboxylic acids is 2. The van der Waals surface area contributed by atoms with Crippen molar-refractivity contribution in [3.8, 4) is 0 Å². The van der Waals surface area contributed by atoms with Gasteiger partial charge in [-0.3, -0.25) is 9.59 Å². The Morgan fingerprint density at radius 2 is 1.70 bits per heavy atom. The summed E-state index contributed by atoms with van der Waals surface area (Å²) >= 11 is 6.10. The standard InChI is InChI=1S/C23H21ClN2O4/c24-16-8-9-20(19(14-16)22(27)25-11-10-21-29-12-13-30-21)26-23(28)18-7-3-5-15-4-1-2-6-17(15)18/h1-9,14,21H,10-13H2,(H,25,27)(H,26,28). The van der Waals surface area contributed by atoms with Crippen molar-refractivity contribution < 1.29 is 19.1 Å². The minimum absolute atomic E-state index is 0.295. The zero-order valence-electron chi connectivity index (χ0n) is 16.2. The Morgan fingerprint density at radius 1 is 0.933 bits per heavy atom. The zero-order chi connectivity index (χ0) is 20.9. The average Bonchev–Trinajstić information content (AvgIpc) is 3.28. The third-order valence-corrected chi connectivity index (χ3v) is 5.10. The second kappa shape index (κ2) is 9.26. The molecule has 154 valence electrons. The molecule has 3 aromatic rings. The number of carbonyl (C=O) groups is 2. The van der Waals surface area contributed by atoms with Crippen molar-refractivity contribution in [2.45, 2.75) is 12.7 Å². The molecule has 1 heterocycles. The lowest BCUT2D eigenvalue weighted by Gasteiger charge is -2.14. The molecule has 0 bridgehead atoms. The molecular weight excluding hydrogens is 404 g/mol. The van der Waals surface area contributed by atoms with Crippen LogP contribution in [0.25, 0.3) is 10.8 Å². The third-order valence-electron chi connectivity index (χ3n) is 4.87. The Kier molecular flexibility index (Phi) is 6.28. The van der Waals surface area contributed by atoms with Crippen LogP contribution in [-0.2, 0) is 9.47 Å². The molecule has 1 fully saturated rings. The predicted octanol–water partition coefficient (Wildman–Crippen LogP) is 4.24. The van der Waals surface area contributed by atoms with Crippen molar-refractivity contribution in [3.05, 3.63) is 76.8 Å². The van der Waals surface area contributed by atoms with E-state index in [9.17, 15) is 9.59 Å². The molecule has 7 heteroatoms. The molecule has 4 rings (SSSR count). The van der Waals surface area contributed by atoms with E-state index in [4.69, 9.17) is 21.1 Å². The maximum atomic E-state index is 13.0. The summed E-state index contributed by atoms with van der Waals surface area (Å²) in [5.41, 5.74) is 1.22. The first-order valence-corrected chi connectivity index (χ1v) is 10.1. The highest BCUT2D eigenvalue weighted by molar-refractivity contribution is 6.31. The molecule has 30 heavy (non-hydrogen) atoms. The highest BCUT2D eigenvalue weighted by Crippen LogP contribution is 2.24. The van der Waals surface area contributed by atoms with E-state index in [1.165, 1.54) is 6.07 Å². The fourth-order valence-electron chi connectivity index (χ4n) is 3.40. The normalized spacial score (nSPS) is 14.0. The first-order chi connectivity index (χ1) is 14.6. The van der Waals surface area contributed by atoms with Crippen LogP contribution in [0, 0.1) is 0 Å². The first-order valence-electron chi connectivity index (χ1n) is 9.72. The van der Waals surface area contributed by atoms with Crippen molar-refractivity contribution in [1.82, 2.24) is 5.32 Å². The second-order valence-corrected chi connectivity index (χ2v) is 7.32. The molecule has 2 N–H and O–H groups in total. The number of hydrogen-bond acceptors (Lipinski definition) is 4. The molecule has 1 aliphatic rings. The van der Waals surface area contributed by atoms with E-state index in [0.29, 0.717) is 48.0 Å². The maximum Gasteiger partial charge on any atom is 0.256 e. The van der Waals surface area contributed by atoms with Crippen molar-refractivity contribution in [3.63, 3.8) is 0 Å². The minimum Gasteiger partial charge on any atom is -0.352 e. The van der Waals surface area contributed by atoms with E-state index in [2.05, 4.69) is 10.6 Å². The molecule has 0 radical (unpaired) electrons. The summed E-state index contributed by atoms with van der Waals surface area (Å²) in [7, 11) is 0. The van der Waals surface area contributed by atoms with Crippen LogP contribution in [0.2, 0.25) is 5.02 Å². The van der Waals surface area contributed by atoms with Crippen molar-refractivity contribution in [2.75, 3.05) is 25.1 Å². The molecule has 0 saturated carbocycles. The van der Waals surface area contributed by atoms with Gasteiger partial charge in [-0.25, -0.2) is 0 Å². The summed E-state index contributed by atoms with van der Waals surface area (Å²) in [4.78, 5) is 25.7. The van der Waals surface area contributed by atoms with Gasteiger partial charge < -0.3 is 20.1 Å². The van der Waals surface area contributed by atoms with Gasteiger partial charge in [-0.05, 0) is 35.0 Å². The molecule has 6 nitrogen and oxygen atoms in total. The van der Waals surface area contributed by atoms with E-state index >= 15 is 0 Å². The molecule has 0 unspecified atom stereocenters. The van der Waals surface area contributed by atoms with Crippen LogP contribution in [0.3, 0.4) is 0 Å². The van der Waals surface area contributed by atoms with Gasteiger partial charge in [-0.1, -0.05) is 48.0 Å². The van der Waals surface area contributed by atoms with Gasteiger partial charge in [-0.2, -0.15) is 0 Å².